The van der Waals surface area contributed by atoms with Crippen LogP contribution in [0.5, 0.6) is 0 Å². The highest BCUT2D eigenvalue weighted by molar-refractivity contribution is 5.88. The second kappa shape index (κ2) is 6.53. The number of esters is 1. The summed E-state index contributed by atoms with van der Waals surface area (Å²) in [5, 5.41) is 8.93. The fraction of sp³-hybridized carbons (Fsp3) is 0.538. The molecular formula is C13H20N4O3. The summed E-state index contributed by atoms with van der Waals surface area (Å²) in [5.74, 6) is 0.154. The van der Waals surface area contributed by atoms with Gasteiger partial charge in [-0.3, -0.25) is 4.90 Å². The Morgan fingerprint density at radius 2 is 2.10 bits per heavy atom. The SMILES string of the molecule is COC(=O)c1ccc(N)c(N2CCN(CCO)CC2)n1. The highest BCUT2D eigenvalue weighted by Crippen LogP contribution is 2.22. The molecule has 1 saturated heterocycles. The van der Waals surface area contributed by atoms with Gasteiger partial charge in [-0.1, -0.05) is 0 Å². The molecule has 1 aromatic rings. The number of nitrogens with zero attached hydrogens (tertiary/aromatic N) is 3. The quantitative estimate of drug-likeness (QED) is 0.723. The molecule has 7 heteroatoms. The Bertz CT molecular complexity index is 473. The zero-order chi connectivity index (χ0) is 14.5. The van der Waals surface area contributed by atoms with Crippen molar-refractivity contribution < 1.29 is 14.6 Å². The van der Waals surface area contributed by atoms with Crippen LogP contribution in [0.3, 0.4) is 0 Å². The van der Waals surface area contributed by atoms with Crippen molar-refractivity contribution in [3.63, 3.8) is 0 Å². The van der Waals surface area contributed by atoms with Gasteiger partial charge < -0.3 is 20.5 Å². The molecule has 110 valence electrons. The summed E-state index contributed by atoms with van der Waals surface area (Å²) in [5.41, 5.74) is 6.75. The molecule has 1 aliphatic heterocycles. The predicted molar refractivity (Wildman–Crippen MR) is 75.7 cm³/mol. The maximum Gasteiger partial charge on any atom is 0.356 e. The predicted octanol–water partition coefficient (Wildman–Crippen LogP) is -0.435. The average molecular weight is 280 g/mol. The Morgan fingerprint density at radius 3 is 2.70 bits per heavy atom. The van der Waals surface area contributed by atoms with Crippen LogP contribution >= 0.6 is 0 Å². The smallest absolute Gasteiger partial charge is 0.356 e. The molecule has 0 spiro atoms. The molecule has 1 aliphatic rings. The number of carbonyl (C=O) groups is 1. The van der Waals surface area contributed by atoms with E-state index in [1.807, 2.05) is 0 Å². The molecule has 2 heterocycles. The van der Waals surface area contributed by atoms with Crippen LogP contribution in [0.1, 0.15) is 10.5 Å². The van der Waals surface area contributed by atoms with Crippen molar-refractivity contribution in [2.24, 2.45) is 0 Å². The van der Waals surface area contributed by atoms with Gasteiger partial charge >= 0.3 is 5.97 Å². The number of anilines is 2. The number of nitrogens with two attached hydrogens (primary N) is 1. The second-order valence-corrected chi connectivity index (χ2v) is 4.65. The van der Waals surface area contributed by atoms with E-state index in [1.165, 1.54) is 7.11 Å². The van der Waals surface area contributed by atoms with Gasteiger partial charge in [-0.15, -0.1) is 0 Å². The summed E-state index contributed by atoms with van der Waals surface area (Å²) in [6.07, 6.45) is 0. The summed E-state index contributed by atoms with van der Waals surface area (Å²) in [6.45, 7) is 4.05. The number of piperazine rings is 1. The zero-order valence-electron chi connectivity index (χ0n) is 11.6. The fourth-order valence-corrected chi connectivity index (χ4v) is 2.26. The lowest BCUT2D eigenvalue weighted by Crippen LogP contribution is -2.47. The van der Waals surface area contributed by atoms with Crippen molar-refractivity contribution in [1.82, 2.24) is 9.88 Å². The lowest BCUT2D eigenvalue weighted by molar-refractivity contribution is 0.0594. The number of aliphatic hydroxyl groups excluding tert-OH is 1. The Kier molecular flexibility index (Phi) is 4.75. The van der Waals surface area contributed by atoms with Crippen LogP contribution in [-0.2, 0) is 4.74 Å². The van der Waals surface area contributed by atoms with Crippen LogP contribution in [0.25, 0.3) is 0 Å². The van der Waals surface area contributed by atoms with Gasteiger partial charge in [0.1, 0.15) is 0 Å². The molecule has 0 saturated carbocycles. The molecule has 2 rings (SSSR count). The van der Waals surface area contributed by atoms with E-state index >= 15 is 0 Å². The number of nitrogen functional groups attached to an aromatic ring is 1. The third kappa shape index (κ3) is 3.17. The number of pyridine rings is 1. The highest BCUT2D eigenvalue weighted by atomic mass is 16.5. The molecule has 3 N–H and O–H groups in total. The number of carbonyl (C=O) groups excluding carboxylic acids is 1. The largest absolute Gasteiger partial charge is 0.464 e. The number of ether oxygens (including phenoxy) is 1. The minimum absolute atomic E-state index is 0.165. The van der Waals surface area contributed by atoms with Gasteiger partial charge in [0.05, 0.1) is 19.4 Å². The van der Waals surface area contributed by atoms with Crippen molar-refractivity contribution in [3.8, 4) is 0 Å². The first-order valence-electron chi connectivity index (χ1n) is 6.58. The van der Waals surface area contributed by atoms with Crippen molar-refractivity contribution in [2.75, 3.05) is 57.1 Å². The molecule has 1 fully saturated rings. The normalized spacial score (nSPS) is 16.2. The molecule has 0 unspecified atom stereocenters. The molecule has 0 aliphatic carbocycles. The number of rotatable bonds is 4. The van der Waals surface area contributed by atoms with Gasteiger partial charge in [-0.05, 0) is 12.1 Å². The van der Waals surface area contributed by atoms with Gasteiger partial charge in [0.25, 0.3) is 0 Å². The molecule has 20 heavy (non-hydrogen) atoms. The maximum absolute atomic E-state index is 11.5. The van der Waals surface area contributed by atoms with E-state index in [9.17, 15) is 4.79 Å². The summed E-state index contributed by atoms with van der Waals surface area (Å²) < 4.78 is 4.67. The fourth-order valence-electron chi connectivity index (χ4n) is 2.26. The molecule has 0 atom stereocenters. The zero-order valence-corrected chi connectivity index (χ0v) is 11.6. The number of aliphatic hydroxyl groups is 1. The Labute approximate surface area is 117 Å². The molecule has 0 radical (unpaired) electrons. The topological polar surface area (TPSA) is 91.9 Å². The minimum Gasteiger partial charge on any atom is -0.464 e. The number of hydrogen-bond acceptors (Lipinski definition) is 7. The number of methoxy groups -OCH3 is 1. The average Bonchev–Trinajstić information content (AvgIpc) is 2.48. The standard InChI is InChI=1S/C13H20N4O3/c1-20-13(19)11-3-2-10(14)12(15-11)17-6-4-16(5-7-17)8-9-18/h2-3,18H,4-9,14H2,1H3. The van der Waals surface area contributed by atoms with Crippen molar-refractivity contribution in [3.05, 3.63) is 17.8 Å². The number of aromatic nitrogens is 1. The van der Waals surface area contributed by atoms with E-state index in [0.29, 0.717) is 18.1 Å². The van der Waals surface area contributed by atoms with E-state index in [1.54, 1.807) is 12.1 Å². The van der Waals surface area contributed by atoms with Crippen LogP contribution in [-0.4, -0.2) is 67.4 Å². The Morgan fingerprint density at radius 1 is 1.40 bits per heavy atom. The van der Waals surface area contributed by atoms with Gasteiger partial charge in [0.2, 0.25) is 0 Å². The van der Waals surface area contributed by atoms with Gasteiger partial charge in [0.15, 0.2) is 11.5 Å². The van der Waals surface area contributed by atoms with Crippen LogP contribution in [0.15, 0.2) is 12.1 Å². The molecule has 0 amide bonds. The second-order valence-electron chi connectivity index (χ2n) is 4.65. The van der Waals surface area contributed by atoms with Gasteiger partial charge in [-0.25, -0.2) is 9.78 Å². The molecular weight excluding hydrogens is 260 g/mol. The van der Waals surface area contributed by atoms with Crippen molar-refractivity contribution in [2.45, 2.75) is 0 Å². The summed E-state index contributed by atoms with van der Waals surface area (Å²) in [6, 6.07) is 3.24. The van der Waals surface area contributed by atoms with Crippen LogP contribution in [0, 0.1) is 0 Å². The number of hydrogen-bond donors (Lipinski definition) is 2. The van der Waals surface area contributed by atoms with E-state index in [0.717, 1.165) is 26.2 Å². The van der Waals surface area contributed by atoms with Crippen LogP contribution in [0.4, 0.5) is 11.5 Å². The summed E-state index contributed by atoms with van der Waals surface area (Å²) in [7, 11) is 1.33. The third-order valence-corrected chi connectivity index (χ3v) is 3.39. The summed E-state index contributed by atoms with van der Waals surface area (Å²) in [4.78, 5) is 20.0. The highest BCUT2D eigenvalue weighted by Gasteiger charge is 2.20. The first kappa shape index (κ1) is 14.5. The van der Waals surface area contributed by atoms with Crippen molar-refractivity contribution >= 4 is 17.5 Å². The first-order chi connectivity index (χ1) is 9.65. The van der Waals surface area contributed by atoms with Crippen molar-refractivity contribution in [1.29, 1.82) is 0 Å². The Balaban J connectivity index is 2.11. The van der Waals surface area contributed by atoms with Crippen LogP contribution < -0.4 is 10.6 Å². The maximum atomic E-state index is 11.5. The van der Waals surface area contributed by atoms with E-state index in [4.69, 9.17) is 10.8 Å². The Hall–Kier alpha value is -1.86. The monoisotopic (exact) mass is 280 g/mol. The van der Waals surface area contributed by atoms with E-state index in [2.05, 4.69) is 19.5 Å². The van der Waals surface area contributed by atoms with E-state index < -0.39 is 5.97 Å². The molecule has 0 aromatic carbocycles. The van der Waals surface area contributed by atoms with E-state index in [-0.39, 0.29) is 12.3 Å². The molecule has 1 aromatic heterocycles. The minimum atomic E-state index is -0.467. The van der Waals surface area contributed by atoms with Gasteiger partial charge in [-0.2, -0.15) is 0 Å². The summed E-state index contributed by atoms with van der Waals surface area (Å²) >= 11 is 0. The third-order valence-electron chi connectivity index (χ3n) is 3.39. The lowest BCUT2D eigenvalue weighted by Gasteiger charge is -2.35. The number of β-amino-alcohol motifs (C(OH)–C–C–N with tert-alkyl or cyclic N) is 1. The van der Waals surface area contributed by atoms with Gasteiger partial charge in [0, 0.05) is 32.7 Å². The first-order valence-corrected chi connectivity index (χ1v) is 6.58. The van der Waals surface area contributed by atoms with Crippen LogP contribution in [0.2, 0.25) is 0 Å². The molecule has 7 nitrogen and oxygen atoms in total. The molecule has 0 bridgehead atoms. The lowest BCUT2D eigenvalue weighted by atomic mass is 10.2.